The molecule has 0 saturated heterocycles. The van der Waals surface area contributed by atoms with Crippen molar-refractivity contribution in [2.75, 3.05) is 0 Å². The van der Waals surface area contributed by atoms with Crippen LogP contribution in [0.15, 0.2) is 53.5 Å². The van der Waals surface area contributed by atoms with Crippen LogP contribution in [0.25, 0.3) is 17.0 Å². The molecule has 6 nitrogen and oxygen atoms in total. The summed E-state index contributed by atoms with van der Waals surface area (Å²) in [5.74, 6) is -0.925. The van der Waals surface area contributed by atoms with E-state index < -0.39 is 5.97 Å². The van der Waals surface area contributed by atoms with Crippen molar-refractivity contribution < 1.29 is 14.3 Å². The molecule has 0 aliphatic heterocycles. The number of carbonyl (C=O) groups is 1. The zero-order chi connectivity index (χ0) is 13.2. The van der Waals surface area contributed by atoms with Crippen LogP contribution in [0.4, 0.5) is 0 Å². The van der Waals surface area contributed by atoms with Gasteiger partial charge in [0.1, 0.15) is 0 Å². The second-order valence-electron chi connectivity index (χ2n) is 3.84. The first-order chi connectivity index (χ1) is 9.25. The molecule has 0 amide bonds. The maximum Gasteiger partial charge on any atom is 0.358 e. The lowest BCUT2D eigenvalue weighted by atomic mass is 10.2. The summed E-state index contributed by atoms with van der Waals surface area (Å²) in [4.78, 5) is 14.7. The lowest BCUT2D eigenvalue weighted by Crippen LogP contribution is -1.98. The maximum atomic E-state index is 11.0. The number of rotatable bonds is 3. The summed E-state index contributed by atoms with van der Waals surface area (Å²) in [6.45, 7) is 0. The van der Waals surface area contributed by atoms with Crippen LogP contribution in [0.5, 0.6) is 0 Å². The number of aromatic nitrogens is 3. The second-order valence-corrected chi connectivity index (χ2v) is 3.84. The standard InChI is InChI=1S/C13H9N3O3/c17-13(18)11-12(19-8-14-11)9-6-15-16(7-9)10-4-2-1-3-5-10/h1-8H,(H,17,18). The number of carboxylic acid groups (broad SMARTS) is 1. The predicted molar refractivity (Wildman–Crippen MR) is 66.0 cm³/mol. The minimum absolute atomic E-state index is 0.118. The van der Waals surface area contributed by atoms with Crippen molar-refractivity contribution in [1.29, 1.82) is 0 Å². The molecule has 19 heavy (non-hydrogen) atoms. The molecule has 1 aromatic carbocycles. The van der Waals surface area contributed by atoms with Gasteiger partial charge in [-0.3, -0.25) is 0 Å². The number of hydrogen-bond donors (Lipinski definition) is 1. The Balaban J connectivity index is 2.02. The van der Waals surface area contributed by atoms with E-state index in [1.807, 2.05) is 30.3 Å². The van der Waals surface area contributed by atoms with E-state index in [0.29, 0.717) is 5.56 Å². The van der Waals surface area contributed by atoms with Crippen molar-refractivity contribution in [2.45, 2.75) is 0 Å². The van der Waals surface area contributed by atoms with E-state index in [2.05, 4.69) is 10.1 Å². The fourth-order valence-electron chi connectivity index (χ4n) is 1.77. The molecule has 0 fully saturated rings. The topological polar surface area (TPSA) is 81.2 Å². The van der Waals surface area contributed by atoms with E-state index in [4.69, 9.17) is 9.52 Å². The third-order valence-electron chi connectivity index (χ3n) is 2.64. The van der Waals surface area contributed by atoms with Crippen LogP contribution in [-0.2, 0) is 0 Å². The Hall–Kier alpha value is -2.89. The minimum atomic E-state index is -1.13. The van der Waals surface area contributed by atoms with E-state index in [0.717, 1.165) is 12.1 Å². The summed E-state index contributed by atoms with van der Waals surface area (Å²) in [6, 6.07) is 9.50. The molecule has 2 aromatic heterocycles. The quantitative estimate of drug-likeness (QED) is 0.776. The van der Waals surface area contributed by atoms with E-state index in [1.54, 1.807) is 17.1 Å². The molecule has 3 rings (SSSR count). The highest BCUT2D eigenvalue weighted by Crippen LogP contribution is 2.23. The van der Waals surface area contributed by atoms with Crippen molar-refractivity contribution in [1.82, 2.24) is 14.8 Å². The first-order valence-corrected chi connectivity index (χ1v) is 5.53. The number of hydrogen-bond acceptors (Lipinski definition) is 4. The number of carboxylic acids is 1. The smallest absolute Gasteiger partial charge is 0.358 e. The average Bonchev–Trinajstić information content (AvgIpc) is 3.08. The Morgan fingerprint density at radius 2 is 2.05 bits per heavy atom. The van der Waals surface area contributed by atoms with Crippen molar-refractivity contribution in [2.24, 2.45) is 0 Å². The summed E-state index contributed by atoms with van der Waals surface area (Å²) < 4.78 is 6.76. The predicted octanol–water partition coefficient (Wildman–Crippen LogP) is 2.23. The summed E-state index contributed by atoms with van der Waals surface area (Å²) in [5.41, 5.74) is 1.33. The van der Waals surface area contributed by atoms with Gasteiger partial charge in [-0.25, -0.2) is 14.5 Å². The Labute approximate surface area is 107 Å². The number of para-hydroxylation sites is 1. The summed E-state index contributed by atoms with van der Waals surface area (Å²) >= 11 is 0. The van der Waals surface area contributed by atoms with Crippen LogP contribution in [-0.4, -0.2) is 25.8 Å². The Kier molecular flexibility index (Phi) is 2.60. The normalized spacial score (nSPS) is 10.5. The molecule has 0 unspecified atom stereocenters. The van der Waals surface area contributed by atoms with Gasteiger partial charge >= 0.3 is 5.97 Å². The molecule has 0 aliphatic carbocycles. The molecule has 0 aliphatic rings. The molecule has 94 valence electrons. The van der Waals surface area contributed by atoms with Crippen molar-refractivity contribution >= 4 is 5.97 Å². The number of aromatic carboxylic acids is 1. The van der Waals surface area contributed by atoms with Gasteiger partial charge in [-0.15, -0.1) is 0 Å². The SMILES string of the molecule is O=C(O)c1ncoc1-c1cnn(-c2ccccc2)c1. The molecule has 0 radical (unpaired) electrons. The van der Waals surface area contributed by atoms with E-state index >= 15 is 0 Å². The Morgan fingerprint density at radius 3 is 2.79 bits per heavy atom. The van der Waals surface area contributed by atoms with Crippen LogP contribution in [0, 0.1) is 0 Å². The molecule has 3 aromatic rings. The number of oxazole rings is 1. The maximum absolute atomic E-state index is 11.0. The lowest BCUT2D eigenvalue weighted by molar-refractivity contribution is 0.0691. The summed E-state index contributed by atoms with van der Waals surface area (Å²) in [5, 5.41) is 13.2. The van der Waals surface area contributed by atoms with Gasteiger partial charge in [-0.1, -0.05) is 18.2 Å². The van der Waals surface area contributed by atoms with E-state index in [9.17, 15) is 4.79 Å². The van der Waals surface area contributed by atoms with Gasteiger partial charge in [-0.05, 0) is 12.1 Å². The molecule has 0 saturated carbocycles. The monoisotopic (exact) mass is 255 g/mol. The molecule has 1 N–H and O–H groups in total. The van der Waals surface area contributed by atoms with Gasteiger partial charge in [-0.2, -0.15) is 5.10 Å². The van der Waals surface area contributed by atoms with Gasteiger partial charge in [0, 0.05) is 6.20 Å². The van der Waals surface area contributed by atoms with Crippen LogP contribution in [0.3, 0.4) is 0 Å². The third kappa shape index (κ3) is 1.99. The zero-order valence-corrected chi connectivity index (χ0v) is 9.72. The summed E-state index contributed by atoms with van der Waals surface area (Å²) in [6.07, 6.45) is 4.35. The van der Waals surface area contributed by atoms with Crippen LogP contribution < -0.4 is 0 Å². The van der Waals surface area contributed by atoms with Gasteiger partial charge in [0.25, 0.3) is 0 Å². The highest BCUT2D eigenvalue weighted by Gasteiger charge is 2.18. The molecule has 2 heterocycles. The third-order valence-corrected chi connectivity index (χ3v) is 2.64. The Morgan fingerprint density at radius 1 is 1.26 bits per heavy atom. The minimum Gasteiger partial charge on any atom is -0.476 e. The van der Waals surface area contributed by atoms with Gasteiger partial charge < -0.3 is 9.52 Å². The molecule has 6 heteroatoms. The lowest BCUT2D eigenvalue weighted by Gasteiger charge is -1.98. The fourth-order valence-corrected chi connectivity index (χ4v) is 1.77. The van der Waals surface area contributed by atoms with Crippen molar-refractivity contribution in [3.8, 4) is 17.0 Å². The number of benzene rings is 1. The van der Waals surface area contributed by atoms with Gasteiger partial charge in [0.2, 0.25) is 0 Å². The van der Waals surface area contributed by atoms with Crippen LogP contribution >= 0.6 is 0 Å². The van der Waals surface area contributed by atoms with Gasteiger partial charge in [0.05, 0.1) is 17.4 Å². The van der Waals surface area contributed by atoms with Crippen LogP contribution in [0.2, 0.25) is 0 Å². The van der Waals surface area contributed by atoms with Gasteiger partial charge in [0.15, 0.2) is 17.8 Å². The largest absolute Gasteiger partial charge is 0.476 e. The Bertz CT molecular complexity index is 716. The first-order valence-electron chi connectivity index (χ1n) is 5.53. The molecule has 0 atom stereocenters. The fraction of sp³-hybridized carbons (Fsp3) is 0. The zero-order valence-electron chi connectivity index (χ0n) is 9.72. The van der Waals surface area contributed by atoms with Crippen molar-refractivity contribution in [3.63, 3.8) is 0 Å². The molecule has 0 bridgehead atoms. The molecule has 0 spiro atoms. The molecular weight excluding hydrogens is 246 g/mol. The molecular formula is C13H9N3O3. The van der Waals surface area contributed by atoms with E-state index in [-0.39, 0.29) is 11.5 Å². The van der Waals surface area contributed by atoms with Crippen LogP contribution in [0.1, 0.15) is 10.5 Å². The van der Waals surface area contributed by atoms with Crippen molar-refractivity contribution in [3.05, 3.63) is 54.8 Å². The number of nitrogens with zero attached hydrogens (tertiary/aromatic N) is 3. The average molecular weight is 255 g/mol. The highest BCUT2D eigenvalue weighted by atomic mass is 16.4. The summed E-state index contributed by atoms with van der Waals surface area (Å²) in [7, 11) is 0. The highest BCUT2D eigenvalue weighted by molar-refractivity contribution is 5.91. The van der Waals surface area contributed by atoms with E-state index in [1.165, 1.54) is 0 Å². The second kappa shape index (κ2) is 4.41. The first kappa shape index (κ1) is 11.2.